The molecule has 0 saturated carbocycles. The maximum Gasteiger partial charge on any atom is 0.243 e. The van der Waals surface area contributed by atoms with Gasteiger partial charge in [0.25, 0.3) is 0 Å². The number of aryl methyl sites for hydroxylation is 6. The Morgan fingerprint density at radius 1 is 0.532 bits per heavy atom. The van der Waals surface area contributed by atoms with Gasteiger partial charge in [-0.1, -0.05) is 72.8 Å². The molecule has 0 radical (unpaired) electrons. The molecule has 0 unspecified atom stereocenters. The number of sulfone groups is 1. The third-order valence-electron chi connectivity index (χ3n) is 9.15. The molecule has 11 heteroatoms. The first kappa shape index (κ1) is 35.0. The minimum absolute atomic E-state index is 0.0713. The van der Waals surface area contributed by atoms with Crippen molar-refractivity contribution in [1.29, 1.82) is 0 Å². The zero-order valence-corrected chi connectivity index (χ0v) is 30.1. The van der Waals surface area contributed by atoms with E-state index in [1.54, 1.807) is 86.6 Å². The maximum atomic E-state index is 14.8. The second-order valence-electron chi connectivity index (χ2n) is 12.7. The average molecular weight is 695 g/mol. The molecule has 0 aromatic heterocycles. The van der Waals surface area contributed by atoms with Gasteiger partial charge < -0.3 is 0 Å². The molecular formula is C36H42N2O6S3. The van der Waals surface area contributed by atoms with Crippen molar-refractivity contribution in [3.05, 3.63) is 129 Å². The summed E-state index contributed by atoms with van der Waals surface area (Å²) >= 11 is 0. The zero-order chi connectivity index (χ0) is 34.3. The molecule has 1 fully saturated rings. The van der Waals surface area contributed by atoms with E-state index in [1.807, 2.05) is 39.8 Å². The van der Waals surface area contributed by atoms with Crippen LogP contribution in [0.2, 0.25) is 0 Å². The summed E-state index contributed by atoms with van der Waals surface area (Å²) in [5, 5.41) is 0. The van der Waals surface area contributed by atoms with Crippen LogP contribution < -0.4 is 0 Å². The first-order valence-electron chi connectivity index (χ1n) is 15.5. The van der Waals surface area contributed by atoms with Crippen molar-refractivity contribution >= 4 is 29.9 Å². The van der Waals surface area contributed by atoms with Crippen LogP contribution in [0.3, 0.4) is 0 Å². The molecule has 0 amide bonds. The number of hydrogen-bond acceptors (Lipinski definition) is 6. The van der Waals surface area contributed by atoms with Crippen molar-refractivity contribution in [3.63, 3.8) is 0 Å². The first-order chi connectivity index (χ1) is 22.0. The van der Waals surface area contributed by atoms with E-state index in [4.69, 9.17) is 0 Å². The van der Waals surface area contributed by atoms with E-state index < -0.39 is 53.5 Å². The fraction of sp³-hybridized carbons (Fsp3) is 0.333. The summed E-state index contributed by atoms with van der Waals surface area (Å²) in [6, 6.07) is 22.4. The Morgan fingerprint density at radius 2 is 0.851 bits per heavy atom. The summed E-state index contributed by atoms with van der Waals surface area (Å²) in [7, 11) is -12.5. The molecule has 8 nitrogen and oxygen atoms in total. The Labute approximate surface area is 280 Å². The van der Waals surface area contributed by atoms with Gasteiger partial charge in [0, 0.05) is 13.1 Å². The van der Waals surface area contributed by atoms with Crippen LogP contribution in [0.4, 0.5) is 0 Å². The number of nitrogens with zero attached hydrogens (tertiary/aromatic N) is 2. The summed E-state index contributed by atoms with van der Waals surface area (Å²) in [4.78, 5) is 0.143. The summed E-state index contributed by atoms with van der Waals surface area (Å²) in [6.45, 7) is 10.6. The lowest BCUT2D eigenvalue weighted by atomic mass is 10.1. The minimum Gasteiger partial charge on any atom is -0.229 e. The van der Waals surface area contributed by atoms with Gasteiger partial charge in [0.15, 0.2) is 9.84 Å². The Kier molecular flexibility index (Phi) is 9.88. The largest absolute Gasteiger partial charge is 0.243 e. The van der Waals surface area contributed by atoms with Crippen LogP contribution in [0.15, 0.2) is 94.7 Å². The van der Waals surface area contributed by atoms with E-state index in [2.05, 4.69) is 0 Å². The molecule has 2 atom stereocenters. The molecule has 5 rings (SSSR count). The zero-order valence-electron chi connectivity index (χ0n) is 27.6. The monoisotopic (exact) mass is 694 g/mol. The lowest BCUT2D eigenvalue weighted by Crippen LogP contribution is -2.54. The molecular weight excluding hydrogens is 653 g/mol. The Balaban J connectivity index is 1.73. The van der Waals surface area contributed by atoms with Crippen molar-refractivity contribution in [3.8, 4) is 0 Å². The normalized spacial score (nSPS) is 18.2. The van der Waals surface area contributed by atoms with Gasteiger partial charge in [-0.05, 0) is 98.2 Å². The number of rotatable bonds is 10. The van der Waals surface area contributed by atoms with Crippen LogP contribution >= 0.6 is 0 Å². The van der Waals surface area contributed by atoms with E-state index in [0.717, 1.165) is 22.3 Å². The summed E-state index contributed by atoms with van der Waals surface area (Å²) < 4.78 is 88.7. The van der Waals surface area contributed by atoms with Crippen LogP contribution in [0.5, 0.6) is 0 Å². The van der Waals surface area contributed by atoms with E-state index in [1.165, 1.54) is 8.61 Å². The third kappa shape index (κ3) is 7.24. The molecule has 1 saturated heterocycles. The predicted molar refractivity (Wildman–Crippen MR) is 186 cm³/mol. The van der Waals surface area contributed by atoms with Gasteiger partial charge in [0.05, 0.1) is 33.4 Å². The van der Waals surface area contributed by atoms with Crippen molar-refractivity contribution in [2.24, 2.45) is 0 Å². The molecule has 250 valence electrons. The van der Waals surface area contributed by atoms with Crippen molar-refractivity contribution in [2.45, 2.75) is 76.5 Å². The van der Waals surface area contributed by atoms with Crippen LogP contribution in [0.25, 0.3) is 0 Å². The van der Waals surface area contributed by atoms with Gasteiger partial charge in [0.2, 0.25) is 20.0 Å². The lowest BCUT2D eigenvalue weighted by Gasteiger charge is -2.37. The van der Waals surface area contributed by atoms with Crippen molar-refractivity contribution in [1.82, 2.24) is 8.61 Å². The maximum absolute atomic E-state index is 14.8. The Morgan fingerprint density at radius 3 is 1.19 bits per heavy atom. The number of hydrogen-bond donors (Lipinski definition) is 0. The van der Waals surface area contributed by atoms with Crippen molar-refractivity contribution < 1.29 is 25.3 Å². The van der Waals surface area contributed by atoms with Gasteiger partial charge >= 0.3 is 0 Å². The lowest BCUT2D eigenvalue weighted by molar-refractivity contribution is 0.219. The Bertz CT molecular complexity index is 1970. The van der Waals surface area contributed by atoms with E-state index in [-0.39, 0.29) is 22.9 Å². The van der Waals surface area contributed by atoms with Gasteiger partial charge in [-0.25, -0.2) is 25.3 Å². The molecule has 0 bridgehead atoms. The second-order valence-corrected chi connectivity index (χ2v) is 18.6. The van der Waals surface area contributed by atoms with Gasteiger partial charge in [0.1, 0.15) is 0 Å². The molecule has 47 heavy (non-hydrogen) atoms. The summed E-state index contributed by atoms with van der Waals surface area (Å²) in [6.07, 6.45) is 0. The molecule has 0 spiro atoms. The highest BCUT2D eigenvalue weighted by atomic mass is 32.2. The molecule has 0 aliphatic carbocycles. The van der Waals surface area contributed by atoms with Crippen LogP contribution in [-0.4, -0.2) is 57.5 Å². The fourth-order valence-corrected chi connectivity index (χ4v) is 12.4. The highest BCUT2D eigenvalue weighted by molar-refractivity contribution is 7.92. The van der Waals surface area contributed by atoms with Gasteiger partial charge in [-0.15, -0.1) is 0 Å². The minimum atomic E-state index is -4.33. The van der Waals surface area contributed by atoms with Crippen molar-refractivity contribution in [2.75, 3.05) is 11.5 Å². The van der Waals surface area contributed by atoms with Crippen LogP contribution in [-0.2, 0) is 43.0 Å². The summed E-state index contributed by atoms with van der Waals surface area (Å²) in [5.41, 5.74) is 5.80. The smallest absolute Gasteiger partial charge is 0.229 e. The van der Waals surface area contributed by atoms with Gasteiger partial charge in [-0.3, -0.25) is 0 Å². The average Bonchev–Trinajstić information content (AvgIpc) is 3.33. The Hall–Kier alpha value is -3.35. The van der Waals surface area contributed by atoms with E-state index >= 15 is 0 Å². The molecule has 1 heterocycles. The number of benzene rings is 4. The molecule has 1 aliphatic rings. The van der Waals surface area contributed by atoms with Gasteiger partial charge in [-0.2, -0.15) is 8.61 Å². The molecule has 1 aliphatic heterocycles. The third-order valence-corrected chi connectivity index (χ3v) is 14.9. The van der Waals surface area contributed by atoms with E-state index in [9.17, 15) is 25.3 Å². The van der Waals surface area contributed by atoms with E-state index in [0.29, 0.717) is 22.3 Å². The highest BCUT2D eigenvalue weighted by Gasteiger charge is 2.51. The fourth-order valence-electron chi connectivity index (χ4n) is 6.32. The highest BCUT2D eigenvalue weighted by Crippen LogP contribution is 2.36. The molecule has 4 aromatic carbocycles. The predicted octanol–water partition coefficient (Wildman–Crippen LogP) is 5.78. The van der Waals surface area contributed by atoms with Crippen LogP contribution in [0, 0.1) is 41.5 Å². The van der Waals surface area contributed by atoms with Crippen LogP contribution in [0.1, 0.15) is 44.5 Å². The summed E-state index contributed by atoms with van der Waals surface area (Å²) in [5.74, 6) is -1.03. The molecule has 0 N–H and O–H groups in total. The topological polar surface area (TPSA) is 109 Å². The second kappa shape index (κ2) is 13.3. The standard InChI is InChI=1S/C36H42N2O6S3/c1-25-17-29(5)35(19-27(25)3)46(41,42)37(21-31-13-9-7-10-14-31)33-23-45(39,40)24-34(33)38(22-32-15-11-8-12-16-32)47(43,44)36-20-28(4)26(2)18-30(36)6/h7-20,33-34H,21-24H2,1-6H3/t33-,34+. The SMILES string of the molecule is Cc1cc(C)c(S(=O)(=O)N(Cc2ccccc2)[C@@H]2CS(=O)(=O)C[C@@H]2N(Cc2ccccc2)S(=O)(=O)c2cc(C)c(C)cc2C)cc1C. The molecule has 4 aromatic rings. The first-order valence-corrected chi connectivity index (χ1v) is 20.2. The number of sulfonamides is 2. The quantitative estimate of drug-likeness (QED) is 0.208.